The first kappa shape index (κ1) is 14.8. The van der Waals surface area contributed by atoms with Gasteiger partial charge in [-0.3, -0.25) is 4.79 Å². The van der Waals surface area contributed by atoms with Crippen molar-refractivity contribution in [3.8, 4) is 11.5 Å². The highest BCUT2D eigenvalue weighted by Gasteiger charge is 2.42. The van der Waals surface area contributed by atoms with Crippen LogP contribution >= 0.6 is 0 Å². The van der Waals surface area contributed by atoms with Crippen LogP contribution in [0.2, 0.25) is 0 Å². The van der Waals surface area contributed by atoms with Crippen molar-refractivity contribution < 1.29 is 19.0 Å². The van der Waals surface area contributed by atoms with E-state index in [-0.39, 0.29) is 24.3 Å². The van der Waals surface area contributed by atoms with E-state index in [1.807, 2.05) is 18.2 Å². The van der Waals surface area contributed by atoms with Crippen molar-refractivity contribution in [2.45, 2.75) is 56.6 Å². The Labute approximate surface area is 136 Å². The van der Waals surface area contributed by atoms with Crippen LogP contribution in [0.15, 0.2) is 18.2 Å². The summed E-state index contributed by atoms with van der Waals surface area (Å²) in [6, 6.07) is 6.04. The zero-order chi connectivity index (χ0) is 15.7. The van der Waals surface area contributed by atoms with Gasteiger partial charge in [-0.1, -0.05) is 18.9 Å². The number of benzene rings is 1. The normalized spacial score (nSPS) is 24.3. The van der Waals surface area contributed by atoms with Gasteiger partial charge >= 0.3 is 0 Å². The van der Waals surface area contributed by atoms with Gasteiger partial charge in [0, 0.05) is 6.42 Å². The molecular weight excluding hydrogens is 294 g/mol. The van der Waals surface area contributed by atoms with Gasteiger partial charge in [-0.2, -0.15) is 0 Å². The van der Waals surface area contributed by atoms with Crippen LogP contribution in [-0.4, -0.2) is 30.9 Å². The molecule has 1 aromatic carbocycles. The third-order valence-corrected chi connectivity index (χ3v) is 5.17. The molecule has 5 nitrogen and oxygen atoms in total. The van der Waals surface area contributed by atoms with Crippen molar-refractivity contribution in [1.29, 1.82) is 0 Å². The zero-order valence-corrected chi connectivity index (χ0v) is 13.3. The van der Waals surface area contributed by atoms with E-state index < -0.39 is 0 Å². The van der Waals surface area contributed by atoms with Gasteiger partial charge in [-0.25, -0.2) is 0 Å². The highest BCUT2D eigenvalue weighted by molar-refractivity contribution is 5.76. The summed E-state index contributed by atoms with van der Waals surface area (Å²) in [5, 5.41) is 3.13. The number of carbonyl (C=O) groups is 1. The Hall–Kier alpha value is -1.75. The molecule has 5 heteroatoms. The van der Waals surface area contributed by atoms with Gasteiger partial charge < -0.3 is 19.5 Å². The van der Waals surface area contributed by atoms with Gasteiger partial charge in [0.05, 0.1) is 18.2 Å². The summed E-state index contributed by atoms with van der Waals surface area (Å²) >= 11 is 0. The van der Waals surface area contributed by atoms with E-state index >= 15 is 0 Å². The highest BCUT2D eigenvalue weighted by atomic mass is 16.7. The number of carbonyl (C=O) groups excluding carboxylic acids is 1. The number of hydrogen-bond donors (Lipinski definition) is 1. The molecule has 124 valence electrons. The number of rotatable bonds is 4. The molecule has 1 amide bonds. The Morgan fingerprint density at radius 3 is 2.91 bits per heavy atom. The molecule has 0 aromatic heterocycles. The summed E-state index contributed by atoms with van der Waals surface area (Å²) in [6.45, 7) is 0.943. The lowest BCUT2D eigenvalue weighted by atomic mass is 9.96. The van der Waals surface area contributed by atoms with Gasteiger partial charge in [0.15, 0.2) is 11.5 Å². The van der Waals surface area contributed by atoms with Crippen LogP contribution in [-0.2, 0) is 16.0 Å². The Morgan fingerprint density at radius 1 is 1.22 bits per heavy atom. The lowest BCUT2D eigenvalue weighted by Crippen LogP contribution is -2.36. The number of fused-ring (bicyclic) bond motifs is 1. The quantitative estimate of drug-likeness (QED) is 0.927. The number of amides is 1. The number of aryl methyl sites for hydroxylation is 1. The molecule has 2 heterocycles. The molecule has 1 saturated carbocycles. The second-order valence-electron chi connectivity index (χ2n) is 6.86. The molecule has 0 radical (unpaired) electrons. The monoisotopic (exact) mass is 317 g/mol. The molecule has 4 rings (SSSR count). The number of hydrogen-bond acceptors (Lipinski definition) is 4. The summed E-state index contributed by atoms with van der Waals surface area (Å²) in [5.41, 5.74) is 1.16. The first-order valence-corrected chi connectivity index (χ1v) is 8.54. The maximum Gasteiger partial charge on any atom is 0.231 e. The molecule has 3 aliphatic rings. The maximum absolute atomic E-state index is 12.2. The fourth-order valence-electron chi connectivity index (χ4n) is 3.96. The van der Waals surface area contributed by atoms with Gasteiger partial charge in [0.25, 0.3) is 0 Å². The van der Waals surface area contributed by atoms with Crippen molar-refractivity contribution in [1.82, 2.24) is 5.32 Å². The minimum atomic E-state index is 0.0648. The van der Waals surface area contributed by atoms with Crippen LogP contribution in [0.4, 0.5) is 0 Å². The molecular formula is C18H23NO4. The van der Waals surface area contributed by atoms with Crippen LogP contribution in [0.1, 0.15) is 44.1 Å². The van der Waals surface area contributed by atoms with E-state index in [9.17, 15) is 4.79 Å². The van der Waals surface area contributed by atoms with E-state index in [2.05, 4.69) is 5.32 Å². The van der Waals surface area contributed by atoms with Crippen molar-refractivity contribution in [2.75, 3.05) is 13.4 Å². The van der Waals surface area contributed by atoms with Crippen molar-refractivity contribution >= 4 is 5.91 Å². The molecule has 1 aliphatic carbocycles. The van der Waals surface area contributed by atoms with Gasteiger partial charge in [-0.05, 0) is 43.4 Å². The molecule has 23 heavy (non-hydrogen) atoms. The molecule has 2 aliphatic heterocycles. The van der Waals surface area contributed by atoms with E-state index in [1.165, 1.54) is 12.8 Å². The fourth-order valence-corrected chi connectivity index (χ4v) is 3.96. The molecule has 1 spiro atoms. The first-order chi connectivity index (χ1) is 11.2. The summed E-state index contributed by atoms with van der Waals surface area (Å²) < 4.78 is 16.6. The zero-order valence-electron chi connectivity index (χ0n) is 13.3. The fraction of sp³-hybridized carbons (Fsp3) is 0.611. The minimum absolute atomic E-state index is 0.0648. The lowest BCUT2D eigenvalue weighted by molar-refractivity contribution is -0.121. The third kappa shape index (κ3) is 3.15. The topological polar surface area (TPSA) is 56.8 Å². The largest absolute Gasteiger partial charge is 0.454 e. The van der Waals surface area contributed by atoms with Crippen molar-refractivity contribution in [3.05, 3.63) is 23.8 Å². The number of nitrogens with one attached hydrogen (secondary N) is 1. The minimum Gasteiger partial charge on any atom is -0.454 e. The molecule has 2 fully saturated rings. The molecule has 0 unspecified atom stereocenters. The van der Waals surface area contributed by atoms with Crippen LogP contribution in [0.3, 0.4) is 0 Å². The predicted molar refractivity (Wildman–Crippen MR) is 84.6 cm³/mol. The molecule has 1 N–H and O–H groups in total. The number of ether oxygens (including phenoxy) is 3. The van der Waals surface area contributed by atoms with Gasteiger partial charge in [-0.15, -0.1) is 0 Å². The lowest BCUT2D eigenvalue weighted by Gasteiger charge is -2.21. The van der Waals surface area contributed by atoms with Crippen molar-refractivity contribution in [2.24, 2.45) is 0 Å². The Morgan fingerprint density at radius 2 is 2.04 bits per heavy atom. The van der Waals surface area contributed by atoms with Gasteiger partial charge in [0.2, 0.25) is 12.7 Å². The third-order valence-electron chi connectivity index (χ3n) is 5.17. The van der Waals surface area contributed by atoms with Crippen LogP contribution in [0, 0.1) is 0 Å². The first-order valence-electron chi connectivity index (χ1n) is 8.54. The second-order valence-corrected chi connectivity index (χ2v) is 6.86. The Balaban J connectivity index is 1.26. The van der Waals surface area contributed by atoms with Crippen LogP contribution in [0.25, 0.3) is 0 Å². The predicted octanol–water partition coefficient (Wildman–Crippen LogP) is 2.57. The Kier molecular flexibility index (Phi) is 3.89. The highest BCUT2D eigenvalue weighted by Crippen LogP contribution is 2.40. The summed E-state index contributed by atoms with van der Waals surface area (Å²) in [6.07, 6.45) is 6.98. The second kappa shape index (κ2) is 6.04. The molecule has 1 atom stereocenters. The van der Waals surface area contributed by atoms with E-state index in [1.54, 1.807) is 0 Å². The average molecular weight is 317 g/mol. The summed E-state index contributed by atoms with van der Waals surface area (Å²) in [5.74, 6) is 1.66. The molecule has 0 bridgehead atoms. The molecule has 1 saturated heterocycles. The van der Waals surface area contributed by atoms with E-state index in [0.717, 1.165) is 36.3 Å². The van der Waals surface area contributed by atoms with Gasteiger partial charge in [0.1, 0.15) is 0 Å². The maximum atomic E-state index is 12.2. The summed E-state index contributed by atoms with van der Waals surface area (Å²) in [4.78, 5) is 12.2. The van der Waals surface area contributed by atoms with E-state index in [0.29, 0.717) is 19.4 Å². The summed E-state index contributed by atoms with van der Waals surface area (Å²) in [7, 11) is 0. The van der Waals surface area contributed by atoms with E-state index in [4.69, 9.17) is 14.2 Å². The van der Waals surface area contributed by atoms with Crippen LogP contribution < -0.4 is 14.8 Å². The molecule has 1 aromatic rings. The smallest absolute Gasteiger partial charge is 0.231 e. The standard InChI is InChI=1S/C18H23NO4/c20-17(19-14-10-18(23-11-14)7-1-2-8-18)6-4-13-3-5-15-16(9-13)22-12-21-15/h3,5,9,14H,1-2,4,6-8,10-12H2,(H,19,20)/t14-/m1/s1. The average Bonchev–Trinajstić information content (AvgIpc) is 3.28. The SMILES string of the molecule is O=C(CCc1ccc2c(c1)OCO2)N[C@H]1COC2(CCCC2)C1. The van der Waals surface area contributed by atoms with Crippen LogP contribution in [0.5, 0.6) is 11.5 Å². The Bertz CT molecular complexity index is 595. The van der Waals surface area contributed by atoms with Crippen molar-refractivity contribution in [3.63, 3.8) is 0 Å².